The minimum atomic E-state index is -0.662. The zero-order valence-corrected chi connectivity index (χ0v) is 26.4. The van der Waals surface area contributed by atoms with Gasteiger partial charge in [-0.15, -0.1) is 0 Å². The predicted molar refractivity (Wildman–Crippen MR) is 170 cm³/mol. The Bertz CT molecular complexity index is 1420. The molecule has 0 radical (unpaired) electrons. The summed E-state index contributed by atoms with van der Waals surface area (Å²) in [7, 11) is 0. The van der Waals surface area contributed by atoms with Gasteiger partial charge in [0.05, 0.1) is 19.1 Å². The molecule has 13 nitrogen and oxygen atoms in total. The molecule has 13 heteroatoms. The van der Waals surface area contributed by atoms with Crippen molar-refractivity contribution in [3.63, 3.8) is 0 Å². The van der Waals surface area contributed by atoms with E-state index < -0.39 is 12.1 Å². The van der Waals surface area contributed by atoms with E-state index in [9.17, 15) is 14.4 Å². The molecule has 45 heavy (non-hydrogen) atoms. The maximum Gasteiger partial charge on any atom is 0.243 e. The molecule has 2 atom stereocenters. The number of hydrogen-bond donors (Lipinski definition) is 2. The van der Waals surface area contributed by atoms with Gasteiger partial charge in [-0.1, -0.05) is 44.2 Å². The van der Waals surface area contributed by atoms with Gasteiger partial charge in [0, 0.05) is 63.6 Å². The van der Waals surface area contributed by atoms with Crippen molar-refractivity contribution in [3.8, 4) is 11.4 Å². The summed E-state index contributed by atoms with van der Waals surface area (Å²) < 4.78 is 1.80. The van der Waals surface area contributed by atoms with Gasteiger partial charge in [0.2, 0.25) is 23.7 Å². The van der Waals surface area contributed by atoms with E-state index in [1.165, 1.54) is 0 Å². The Labute approximate surface area is 264 Å². The summed E-state index contributed by atoms with van der Waals surface area (Å²) in [6.07, 6.45) is 4.70. The molecule has 0 aliphatic carbocycles. The molecule has 3 amide bonds. The van der Waals surface area contributed by atoms with Crippen LogP contribution in [0, 0.1) is 5.92 Å². The number of nitrogens with zero attached hydrogens (tertiary/aromatic N) is 8. The molecular formula is C32H44N10O3. The average Bonchev–Trinajstić information content (AvgIpc) is 3.47. The molecule has 0 spiro atoms. The fraction of sp³-hybridized carbons (Fsp3) is 0.531. The van der Waals surface area contributed by atoms with Crippen LogP contribution in [0.25, 0.3) is 11.4 Å². The lowest BCUT2D eigenvalue weighted by atomic mass is 10.0. The van der Waals surface area contributed by atoms with Crippen LogP contribution in [0.2, 0.25) is 0 Å². The lowest BCUT2D eigenvalue weighted by molar-refractivity contribution is -0.133. The Morgan fingerprint density at radius 2 is 1.67 bits per heavy atom. The van der Waals surface area contributed by atoms with E-state index in [1.54, 1.807) is 23.1 Å². The predicted octanol–water partition coefficient (Wildman–Crippen LogP) is 1.89. The number of aromatic nitrogens is 5. The first-order valence-electron chi connectivity index (χ1n) is 15.9. The molecule has 1 saturated heterocycles. The summed E-state index contributed by atoms with van der Waals surface area (Å²) in [6.45, 7) is 10.4. The molecule has 2 aliphatic rings. The third kappa shape index (κ3) is 8.62. The number of rotatable bonds is 6. The molecule has 1 aromatic carbocycles. The summed E-state index contributed by atoms with van der Waals surface area (Å²) in [5.74, 6) is 1.64. The lowest BCUT2D eigenvalue weighted by Crippen LogP contribution is -2.51. The maximum absolute atomic E-state index is 13.7. The van der Waals surface area contributed by atoms with Crippen LogP contribution in [0.15, 0.2) is 48.8 Å². The highest BCUT2D eigenvalue weighted by molar-refractivity contribution is 5.87. The van der Waals surface area contributed by atoms with Gasteiger partial charge in [-0.2, -0.15) is 5.10 Å². The molecule has 240 valence electrons. The lowest BCUT2D eigenvalue weighted by Gasteiger charge is -2.35. The number of carbonyl (C=O) groups excluding carboxylic acids is 3. The fourth-order valence-electron chi connectivity index (χ4n) is 5.76. The zero-order chi connectivity index (χ0) is 31.8. The Kier molecular flexibility index (Phi) is 10.7. The van der Waals surface area contributed by atoms with Crippen LogP contribution < -0.4 is 15.5 Å². The van der Waals surface area contributed by atoms with Crippen molar-refractivity contribution in [2.75, 3.05) is 50.7 Å². The molecule has 0 bridgehead atoms. The summed E-state index contributed by atoms with van der Waals surface area (Å²) in [6, 6.07) is 10.4. The number of fused-ring (bicyclic) bond motifs is 1. The molecule has 3 aromatic rings. The minimum absolute atomic E-state index is 0.0101. The van der Waals surface area contributed by atoms with Crippen LogP contribution in [-0.4, -0.2) is 104 Å². The number of carbonyl (C=O) groups is 3. The second-order valence-corrected chi connectivity index (χ2v) is 12.2. The van der Waals surface area contributed by atoms with Crippen LogP contribution in [-0.2, 0) is 20.9 Å². The smallest absolute Gasteiger partial charge is 0.243 e. The Morgan fingerprint density at radius 3 is 2.38 bits per heavy atom. The van der Waals surface area contributed by atoms with Gasteiger partial charge in [0.25, 0.3) is 0 Å². The first kappa shape index (κ1) is 32.0. The maximum atomic E-state index is 13.7. The Hall–Kier alpha value is -4.39. The quantitative estimate of drug-likeness (QED) is 0.425. The van der Waals surface area contributed by atoms with Gasteiger partial charge in [-0.05, 0) is 31.7 Å². The van der Waals surface area contributed by atoms with Gasteiger partial charge >= 0.3 is 0 Å². The van der Waals surface area contributed by atoms with Crippen LogP contribution in [0.3, 0.4) is 0 Å². The van der Waals surface area contributed by atoms with Crippen molar-refractivity contribution in [2.24, 2.45) is 5.92 Å². The number of nitrogens with one attached hydrogen (secondary N) is 2. The third-order valence-corrected chi connectivity index (χ3v) is 8.17. The summed E-state index contributed by atoms with van der Waals surface area (Å²) in [5, 5.41) is 10.8. The normalized spacial score (nSPS) is 20.7. The van der Waals surface area contributed by atoms with Gasteiger partial charge < -0.3 is 20.4 Å². The molecule has 4 heterocycles. The standard InChI is InChI=1S/C32H44N10O3/c1-23(2)21-26-31(45)35-24(3)30-37-29(25-9-5-4-6-10-25)38-42(30)20-19-40(14-7-11-27(43)36-26)28(44)22-39-15-17-41(18-16-39)32-33-12-8-13-34-32/h4-6,8-10,12-13,23-24,26H,7,11,14-22H2,1-3H3,(H,35,45)(H,36,43)/t24-,26-/m1/s1. The number of benzene rings is 1. The van der Waals surface area contributed by atoms with E-state index in [1.807, 2.05) is 56.0 Å². The van der Waals surface area contributed by atoms with Gasteiger partial charge in [-0.3, -0.25) is 19.3 Å². The number of anilines is 1. The average molecular weight is 617 g/mol. The molecule has 5 rings (SSSR count). The van der Waals surface area contributed by atoms with Gasteiger partial charge in [-0.25, -0.2) is 19.6 Å². The second kappa shape index (κ2) is 15.1. The van der Waals surface area contributed by atoms with E-state index in [2.05, 4.69) is 30.4 Å². The largest absolute Gasteiger partial charge is 0.345 e. The van der Waals surface area contributed by atoms with Crippen LogP contribution in [0.5, 0.6) is 0 Å². The molecule has 0 saturated carbocycles. The summed E-state index contributed by atoms with van der Waals surface area (Å²) in [4.78, 5) is 59.6. The topological polar surface area (TPSA) is 141 Å². The SMILES string of the molecule is CC(C)C[C@H]1NC(=O)CCCN(C(=O)CN2CCN(c3ncccn3)CC2)CCn2nc(-c3ccccc3)nc2[C@@H](C)NC1=O. The van der Waals surface area contributed by atoms with Crippen LogP contribution in [0.1, 0.15) is 51.9 Å². The Morgan fingerprint density at radius 1 is 0.933 bits per heavy atom. The van der Waals surface area contributed by atoms with Crippen molar-refractivity contribution >= 4 is 23.7 Å². The highest BCUT2D eigenvalue weighted by atomic mass is 16.2. The minimum Gasteiger partial charge on any atom is -0.345 e. The van der Waals surface area contributed by atoms with E-state index in [-0.39, 0.29) is 36.6 Å². The van der Waals surface area contributed by atoms with Gasteiger partial charge in [0.15, 0.2) is 5.82 Å². The summed E-state index contributed by atoms with van der Waals surface area (Å²) in [5.41, 5.74) is 0.867. The van der Waals surface area contributed by atoms with Crippen molar-refractivity contribution in [1.82, 2.24) is 45.2 Å². The van der Waals surface area contributed by atoms with Crippen molar-refractivity contribution in [2.45, 2.75) is 58.7 Å². The van der Waals surface area contributed by atoms with E-state index in [0.29, 0.717) is 50.1 Å². The summed E-state index contributed by atoms with van der Waals surface area (Å²) >= 11 is 0. The van der Waals surface area contributed by atoms with E-state index >= 15 is 0 Å². The third-order valence-electron chi connectivity index (χ3n) is 8.17. The molecule has 1 fully saturated rings. The number of amides is 3. The molecule has 2 N–H and O–H groups in total. The zero-order valence-electron chi connectivity index (χ0n) is 26.4. The number of piperazine rings is 1. The van der Waals surface area contributed by atoms with E-state index in [4.69, 9.17) is 10.1 Å². The van der Waals surface area contributed by atoms with Crippen molar-refractivity contribution in [3.05, 3.63) is 54.6 Å². The van der Waals surface area contributed by atoms with Crippen molar-refractivity contribution in [1.29, 1.82) is 0 Å². The first-order chi connectivity index (χ1) is 21.8. The van der Waals surface area contributed by atoms with Crippen molar-refractivity contribution < 1.29 is 14.4 Å². The molecule has 2 aromatic heterocycles. The number of hydrogen-bond acceptors (Lipinski definition) is 9. The van der Waals surface area contributed by atoms with E-state index in [0.717, 1.165) is 31.7 Å². The fourth-order valence-corrected chi connectivity index (χ4v) is 5.76. The highest BCUT2D eigenvalue weighted by Gasteiger charge is 2.28. The monoisotopic (exact) mass is 616 g/mol. The Balaban J connectivity index is 1.33. The highest BCUT2D eigenvalue weighted by Crippen LogP contribution is 2.20. The second-order valence-electron chi connectivity index (χ2n) is 12.2. The molecular weight excluding hydrogens is 572 g/mol. The van der Waals surface area contributed by atoms with Gasteiger partial charge in [0.1, 0.15) is 11.9 Å². The first-order valence-corrected chi connectivity index (χ1v) is 15.9. The van der Waals surface area contributed by atoms with Crippen LogP contribution >= 0.6 is 0 Å². The molecule has 0 unspecified atom stereocenters. The molecule has 2 aliphatic heterocycles. The van der Waals surface area contributed by atoms with Crippen LogP contribution in [0.4, 0.5) is 5.95 Å².